The van der Waals surface area contributed by atoms with Crippen LogP contribution < -0.4 is 24.0 Å². The van der Waals surface area contributed by atoms with Gasteiger partial charge in [-0.05, 0) is 36.4 Å². The van der Waals surface area contributed by atoms with Crippen molar-refractivity contribution in [3.8, 4) is 23.0 Å². The van der Waals surface area contributed by atoms with Crippen LogP contribution >= 0.6 is 11.6 Å². The molecule has 3 aromatic rings. The summed E-state index contributed by atoms with van der Waals surface area (Å²) in [4.78, 5) is 0. The molecule has 4 rings (SSSR count). The molecule has 1 heterocycles. The van der Waals surface area contributed by atoms with Crippen LogP contribution in [0, 0.1) is 0 Å². The van der Waals surface area contributed by atoms with Gasteiger partial charge in [0.2, 0.25) is 0 Å². The minimum Gasteiger partial charge on any atom is -0.493 e. The van der Waals surface area contributed by atoms with Crippen LogP contribution in [0.3, 0.4) is 0 Å². The number of hydrogen-bond donors (Lipinski definition) is 0. The number of alkyl halides is 3. The molecule has 0 radical (unpaired) electrons. The molecule has 3 aromatic carbocycles. The Kier molecular flexibility index (Phi) is 8.06. The monoisotopic (exact) mass is 546 g/mol. The van der Waals surface area contributed by atoms with E-state index in [2.05, 4.69) is 5.10 Å². The van der Waals surface area contributed by atoms with Crippen molar-refractivity contribution in [3.05, 3.63) is 82.4 Å². The topological polar surface area (TPSA) is 52.5 Å². The van der Waals surface area contributed by atoms with Crippen LogP contribution in [0.5, 0.6) is 23.0 Å². The first-order chi connectivity index (χ1) is 18.2. The summed E-state index contributed by atoms with van der Waals surface area (Å²) in [5, 5.41) is 5.84. The second-order valence-electron chi connectivity index (χ2n) is 8.29. The smallest absolute Gasteiger partial charge is 0.418 e. The van der Waals surface area contributed by atoms with Crippen molar-refractivity contribution in [2.24, 2.45) is 5.10 Å². The predicted molar refractivity (Wildman–Crippen MR) is 142 cm³/mol. The Balaban J connectivity index is 1.85. The lowest BCUT2D eigenvalue weighted by atomic mass is 9.98. The number of anilines is 1. The highest BCUT2D eigenvalue weighted by Crippen LogP contribution is 2.48. The van der Waals surface area contributed by atoms with Crippen LogP contribution in [-0.2, 0) is 6.18 Å². The number of benzene rings is 3. The molecule has 1 aliphatic rings. The number of ether oxygens (including phenoxy) is 4. The molecular formula is C28H26ClF3N2O4. The summed E-state index contributed by atoms with van der Waals surface area (Å²) in [6, 6.07) is 13.7. The highest BCUT2D eigenvalue weighted by atomic mass is 35.5. The zero-order valence-electron chi connectivity index (χ0n) is 21.2. The van der Waals surface area contributed by atoms with Gasteiger partial charge in [-0.1, -0.05) is 41.9 Å². The molecule has 38 heavy (non-hydrogen) atoms. The molecule has 1 aliphatic heterocycles. The van der Waals surface area contributed by atoms with E-state index in [1.165, 1.54) is 45.6 Å². The van der Waals surface area contributed by atoms with Crippen molar-refractivity contribution in [1.82, 2.24) is 0 Å². The maximum absolute atomic E-state index is 14.1. The van der Waals surface area contributed by atoms with E-state index in [-0.39, 0.29) is 17.1 Å². The van der Waals surface area contributed by atoms with Crippen LogP contribution in [-0.4, -0.2) is 34.2 Å². The van der Waals surface area contributed by atoms with Crippen LogP contribution in [0.1, 0.15) is 29.2 Å². The summed E-state index contributed by atoms with van der Waals surface area (Å²) in [5.41, 5.74) is 0.722. The van der Waals surface area contributed by atoms with Gasteiger partial charge < -0.3 is 18.9 Å². The van der Waals surface area contributed by atoms with E-state index in [0.717, 1.165) is 11.6 Å². The quantitative estimate of drug-likeness (QED) is 0.294. The zero-order chi connectivity index (χ0) is 27.4. The number of rotatable bonds is 8. The van der Waals surface area contributed by atoms with Crippen LogP contribution in [0.4, 0.5) is 18.9 Å². The standard InChI is InChI=1S/C28H26ClF3N2O4/c1-35-23-12-5-8-17(26(23)37-3)14-15-18-16-22(19-9-6-13-24(36-2)27(19)38-4)34(33-18)25-20(28(30,31)32)10-7-11-21(25)29/h5-15,22H,16H2,1-4H3/b15-14+/t22-/m1/s1. The first-order valence-electron chi connectivity index (χ1n) is 11.6. The molecule has 0 fully saturated rings. The Bertz CT molecular complexity index is 1370. The lowest BCUT2D eigenvalue weighted by molar-refractivity contribution is -0.137. The van der Waals surface area contributed by atoms with Gasteiger partial charge in [-0.3, -0.25) is 5.01 Å². The number of methoxy groups -OCH3 is 4. The Hall–Kier alpha value is -3.85. The summed E-state index contributed by atoms with van der Waals surface area (Å²) in [6.07, 6.45) is -0.859. The number of para-hydroxylation sites is 3. The Morgan fingerprint density at radius 1 is 0.842 bits per heavy atom. The van der Waals surface area contributed by atoms with Gasteiger partial charge >= 0.3 is 6.18 Å². The SMILES string of the molecule is COc1cccc(/C=C/C2=NN(c3c(Cl)cccc3C(F)(F)F)[C@@H](c3cccc(OC)c3OC)C2)c1OC. The van der Waals surface area contributed by atoms with Crippen LogP contribution in [0.2, 0.25) is 5.02 Å². The first kappa shape index (κ1) is 27.2. The molecule has 0 aliphatic carbocycles. The summed E-state index contributed by atoms with van der Waals surface area (Å²) in [7, 11) is 6.05. The summed E-state index contributed by atoms with van der Waals surface area (Å²) in [6.45, 7) is 0. The highest BCUT2D eigenvalue weighted by molar-refractivity contribution is 6.33. The number of halogens is 4. The predicted octanol–water partition coefficient (Wildman–Crippen LogP) is 7.41. The van der Waals surface area contributed by atoms with E-state index in [1.54, 1.807) is 36.4 Å². The number of nitrogens with zero attached hydrogens (tertiary/aromatic N) is 2. The second-order valence-corrected chi connectivity index (χ2v) is 8.70. The molecule has 0 saturated heterocycles. The largest absolute Gasteiger partial charge is 0.493 e. The molecule has 0 unspecified atom stereocenters. The van der Waals surface area contributed by atoms with Crippen molar-refractivity contribution < 1.29 is 32.1 Å². The minimum atomic E-state index is -4.65. The molecule has 0 spiro atoms. The minimum absolute atomic E-state index is 0.0740. The van der Waals surface area contributed by atoms with Gasteiger partial charge in [0.05, 0.1) is 56.5 Å². The maximum Gasteiger partial charge on any atom is 0.418 e. The molecule has 0 aromatic heterocycles. The third-order valence-electron chi connectivity index (χ3n) is 6.14. The molecule has 0 N–H and O–H groups in total. The van der Waals surface area contributed by atoms with E-state index in [9.17, 15) is 13.2 Å². The van der Waals surface area contributed by atoms with E-state index in [0.29, 0.717) is 34.3 Å². The van der Waals surface area contributed by atoms with E-state index in [4.69, 9.17) is 30.5 Å². The second kappa shape index (κ2) is 11.3. The lowest BCUT2D eigenvalue weighted by Gasteiger charge is -2.28. The Labute approximate surface area is 223 Å². The summed E-state index contributed by atoms with van der Waals surface area (Å²) >= 11 is 6.38. The van der Waals surface area contributed by atoms with Gasteiger partial charge in [-0.2, -0.15) is 18.3 Å². The zero-order valence-corrected chi connectivity index (χ0v) is 21.9. The molecule has 10 heteroatoms. The fourth-order valence-corrected chi connectivity index (χ4v) is 4.72. The molecule has 1 atom stereocenters. The number of hydrazone groups is 1. The van der Waals surface area contributed by atoms with Crippen molar-refractivity contribution in [2.75, 3.05) is 33.4 Å². The Morgan fingerprint density at radius 2 is 1.47 bits per heavy atom. The van der Waals surface area contributed by atoms with Gasteiger partial charge in [-0.25, -0.2) is 0 Å². The van der Waals surface area contributed by atoms with Crippen molar-refractivity contribution >= 4 is 29.1 Å². The lowest BCUT2D eigenvalue weighted by Crippen LogP contribution is -2.23. The van der Waals surface area contributed by atoms with Crippen molar-refractivity contribution in [3.63, 3.8) is 0 Å². The van der Waals surface area contributed by atoms with Crippen LogP contribution in [0.25, 0.3) is 6.08 Å². The third kappa shape index (κ3) is 5.24. The first-order valence-corrected chi connectivity index (χ1v) is 11.9. The fraction of sp³-hybridized carbons (Fsp3) is 0.250. The van der Waals surface area contributed by atoms with Gasteiger partial charge in [0, 0.05) is 17.5 Å². The summed E-state index contributed by atoms with van der Waals surface area (Å²) < 4.78 is 64.1. The number of hydrogen-bond acceptors (Lipinski definition) is 6. The van der Waals surface area contributed by atoms with Gasteiger partial charge in [-0.15, -0.1) is 0 Å². The average Bonchev–Trinajstić information content (AvgIpc) is 3.33. The molecule has 6 nitrogen and oxygen atoms in total. The van der Waals surface area contributed by atoms with Crippen molar-refractivity contribution in [2.45, 2.75) is 18.6 Å². The fourth-order valence-electron chi connectivity index (χ4n) is 4.46. The molecule has 0 saturated carbocycles. The Morgan fingerprint density at radius 3 is 2.11 bits per heavy atom. The van der Waals surface area contributed by atoms with Gasteiger partial charge in [0.1, 0.15) is 0 Å². The van der Waals surface area contributed by atoms with E-state index in [1.807, 2.05) is 12.1 Å². The van der Waals surface area contributed by atoms with Crippen molar-refractivity contribution in [1.29, 1.82) is 0 Å². The normalized spacial score (nSPS) is 15.5. The maximum atomic E-state index is 14.1. The highest BCUT2D eigenvalue weighted by Gasteiger charge is 2.40. The van der Waals surface area contributed by atoms with E-state index >= 15 is 0 Å². The molecule has 0 amide bonds. The van der Waals surface area contributed by atoms with Gasteiger partial charge in [0.25, 0.3) is 0 Å². The van der Waals surface area contributed by atoms with Gasteiger partial charge in [0.15, 0.2) is 23.0 Å². The third-order valence-corrected chi connectivity index (χ3v) is 6.44. The molecule has 200 valence electrons. The summed E-state index contributed by atoms with van der Waals surface area (Å²) in [5.74, 6) is 1.93. The van der Waals surface area contributed by atoms with E-state index < -0.39 is 17.8 Å². The molecular weight excluding hydrogens is 521 g/mol. The number of allylic oxidation sites excluding steroid dienone is 1. The molecule has 0 bridgehead atoms. The van der Waals surface area contributed by atoms with Crippen LogP contribution in [0.15, 0.2) is 65.8 Å². The average molecular weight is 547 g/mol.